The van der Waals surface area contributed by atoms with Crippen molar-refractivity contribution < 1.29 is 9.18 Å². The first-order valence-corrected chi connectivity index (χ1v) is 3.32. The first kappa shape index (κ1) is 10.3. The maximum Gasteiger partial charge on any atom is 0.250 e. The Balaban J connectivity index is 3.87. The first-order chi connectivity index (χ1) is 4.87. The number of hydrazine groups is 1. The zero-order chi connectivity index (χ0) is 9.07. The molecule has 0 aliphatic carbocycles. The fourth-order valence-electron chi connectivity index (χ4n) is 0.723. The molecule has 0 spiro atoms. The molecule has 0 saturated heterocycles. The van der Waals surface area contributed by atoms with Gasteiger partial charge in [0, 0.05) is 6.42 Å². The van der Waals surface area contributed by atoms with Crippen molar-refractivity contribution in [3.8, 4) is 0 Å². The van der Waals surface area contributed by atoms with Gasteiger partial charge in [0.15, 0.2) is 0 Å². The first-order valence-electron chi connectivity index (χ1n) is 3.32. The Kier molecular flexibility index (Phi) is 3.41. The van der Waals surface area contributed by atoms with Crippen molar-refractivity contribution in [1.82, 2.24) is 5.43 Å². The summed E-state index contributed by atoms with van der Waals surface area (Å²) in [4.78, 5) is 10.7. The fourth-order valence-corrected chi connectivity index (χ4v) is 0.723. The molecule has 0 radical (unpaired) electrons. The van der Waals surface area contributed by atoms with Gasteiger partial charge in [-0.05, 0) is 13.8 Å². The summed E-state index contributed by atoms with van der Waals surface area (Å²) in [6.07, 6.45) is -0.0317. The average molecular weight is 163 g/mol. The van der Waals surface area contributed by atoms with Crippen molar-refractivity contribution in [3.63, 3.8) is 0 Å². The van der Waals surface area contributed by atoms with E-state index in [1.54, 1.807) is 0 Å². The van der Waals surface area contributed by atoms with Crippen molar-refractivity contribution in [3.05, 3.63) is 0 Å². The quantitative estimate of drug-likeness (QED) is 0.296. The van der Waals surface area contributed by atoms with E-state index in [9.17, 15) is 9.18 Å². The van der Waals surface area contributed by atoms with Crippen LogP contribution in [-0.4, -0.2) is 17.6 Å². The van der Waals surface area contributed by atoms with Gasteiger partial charge in [-0.1, -0.05) is 0 Å². The van der Waals surface area contributed by atoms with Crippen molar-refractivity contribution in [1.29, 1.82) is 0 Å². The van der Waals surface area contributed by atoms with Gasteiger partial charge in [-0.3, -0.25) is 10.2 Å². The molecule has 0 saturated carbocycles. The lowest BCUT2D eigenvalue weighted by atomic mass is 10.0. The molecular weight excluding hydrogens is 149 g/mol. The van der Waals surface area contributed by atoms with Gasteiger partial charge in [-0.15, -0.1) is 0 Å². The van der Waals surface area contributed by atoms with Crippen molar-refractivity contribution in [2.45, 2.75) is 32.0 Å². The third kappa shape index (κ3) is 4.69. The highest BCUT2D eigenvalue weighted by Crippen LogP contribution is 2.14. The second-order valence-corrected chi connectivity index (χ2v) is 3.04. The molecule has 4 nitrogen and oxygen atoms in total. The van der Waals surface area contributed by atoms with Gasteiger partial charge in [-0.25, -0.2) is 10.2 Å². The number of hydrogen-bond acceptors (Lipinski definition) is 3. The smallest absolute Gasteiger partial charge is 0.250 e. The zero-order valence-corrected chi connectivity index (χ0v) is 6.73. The number of hydrogen-bond donors (Lipinski definition) is 3. The predicted octanol–water partition coefficient (Wildman–Crippen LogP) is -0.558. The fraction of sp³-hybridized carbons (Fsp3) is 0.833. The summed E-state index contributed by atoms with van der Waals surface area (Å²) in [5.74, 6) is 4.24. The van der Waals surface area contributed by atoms with Crippen LogP contribution in [0.5, 0.6) is 0 Å². The number of rotatable bonds is 3. The molecule has 0 aromatic carbocycles. The molecule has 5 heteroatoms. The van der Waals surface area contributed by atoms with E-state index < -0.39 is 17.6 Å². The van der Waals surface area contributed by atoms with Crippen LogP contribution in [0.4, 0.5) is 4.39 Å². The van der Waals surface area contributed by atoms with E-state index in [4.69, 9.17) is 11.6 Å². The van der Waals surface area contributed by atoms with E-state index >= 15 is 0 Å². The molecule has 1 atom stereocenters. The third-order valence-electron chi connectivity index (χ3n) is 1.18. The molecule has 1 amide bonds. The van der Waals surface area contributed by atoms with Crippen molar-refractivity contribution in [2.75, 3.05) is 0 Å². The second-order valence-electron chi connectivity index (χ2n) is 3.04. The second kappa shape index (κ2) is 3.64. The number of alkyl halides is 1. The van der Waals surface area contributed by atoms with Crippen molar-refractivity contribution >= 4 is 5.91 Å². The molecule has 0 fully saturated rings. The molecule has 5 N–H and O–H groups in total. The number of nitrogens with two attached hydrogens (primary N) is 2. The molecular formula is C6H14FN3O. The van der Waals surface area contributed by atoms with Crippen LogP contribution in [-0.2, 0) is 4.79 Å². The Morgan fingerprint density at radius 3 is 2.45 bits per heavy atom. The van der Waals surface area contributed by atoms with Crippen LogP contribution < -0.4 is 17.0 Å². The number of nitrogens with one attached hydrogen (secondary N) is 1. The molecule has 11 heavy (non-hydrogen) atoms. The normalized spacial score (nSPS) is 14.3. The maximum atomic E-state index is 12.8. The van der Waals surface area contributed by atoms with Gasteiger partial charge < -0.3 is 5.73 Å². The van der Waals surface area contributed by atoms with E-state index in [1.807, 2.05) is 5.43 Å². The molecule has 0 rings (SSSR count). The summed E-state index contributed by atoms with van der Waals surface area (Å²) in [5.41, 5.74) is 5.70. The highest BCUT2D eigenvalue weighted by Gasteiger charge is 2.23. The number of carbonyl (C=O) groups is 1. The molecule has 0 aliphatic heterocycles. The van der Waals surface area contributed by atoms with E-state index in [0.717, 1.165) is 0 Å². The van der Waals surface area contributed by atoms with Crippen LogP contribution in [0.2, 0.25) is 0 Å². The van der Waals surface area contributed by atoms with Crippen LogP contribution in [0, 0.1) is 0 Å². The summed E-state index contributed by atoms with van der Waals surface area (Å²) in [5, 5.41) is 0. The Morgan fingerprint density at radius 1 is 1.73 bits per heavy atom. The Morgan fingerprint density at radius 2 is 2.18 bits per heavy atom. The maximum absolute atomic E-state index is 12.8. The molecule has 66 valence electrons. The largest absolute Gasteiger partial charge is 0.320 e. The number of carbonyl (C=O) groups excluding carboxylic acids is 1. The third-order valence-corrected chi connectivity index (χ3v) is 1.18. The summed E-state index contributed by atoms with van der Waals surface area (Å²) in [7, 11) is 0. The van der Waals surface area contributed by atoms with Crippen molar-refractivity contribution in [2.24, 2.45) is 11.6 Å². The van der Waals surface area contributed by atoms with Crippen LogP contribution >= 0.6 is 0 Å². The van der Waals surface area contributed by atoms with Crippen LogP contribution in [0.3, 0.4) is 0 Å². The van der Waals surface area contributed by atoms with E-state index in [2.05, 4.69) is 0 Å². The van der Waals surface area contributed by atoms with Crippen LogP contribution in [0.1, 0.15) is 20.3 Å². The lowest BCUT2D eigenvalue weighted by Gasteiger charge is -2.17. The van der Waals surface area contributed by atoms with Gasteiger partial charge in [0.2, 0.25) is 0 Å². The molecule has 0 aromatic heterocycles. The summed E-state index contributed by atoms with van der Waals surface area (Å²) in [6, 6.07) is -0.875. The standard InChI is InChI=1S/C6H14FN3O/c1-6(2,7)3-4(8)5(11)10-9/h4H,3,8-9H2,1-2H3,(H,10,11)/t4-/m0/s1. The highest BCUT2D eigenvalue weighted by molar-refractivity contribution is 5.80. The van der Waals surface area contributed by atoms with E-state index in [1.165, 1.54) is 13.8 Å². The average Bonchev–Trinajstić information content (AvgIpc) is 1.82. The van der Waals surface area contributed by atoms with E-state index in [-0.39, 0.29) is 6.42 Å². The summed E-state index contributed by atoms with van der Waals surface area (Å²) < 4.78 is 12.8. The van der Waals surface area contributed by atoms with Gasteiger partial charge in [0.05, 0.1) is 6.04 Å². The Bertz CT molecular complexity index is 143. The lowest BCUT2D eigenvalue weighted by Crippen LogP contribution is -2.46. The van der Waals surface area contributed by atoms with Crippen LogP contribution in [0.25, 0.3) is 0 Å². The Hall–Kier alpha value is -0.680. The Labute approximate surface area is 65.1 Å². The molecule has 0 bridgehead atoms. The molecule has 0 heterocycles. The molecule has 0 aromatic rings. The number of halogens is 1. The lowest BCUT2D eigenvalue weighted by molar-refractivity contribution is -0.123. The minimum Gasteiger partial charge on any atom is -0.320 e. The summed E-state index contributed by atoms with van der Waals surface area (Å²) >= 11 is 0. The van der Waals surface area contributed by atoms with Gasteiger partial charge in [0.25, 0.3) is 5.91 Å². The minimum absolute atomic E-state index is 0.0317. The topological polar surface area (TPSA) is 81.1 Å². The SMILES string of the molecule is CC(C)(F)C[C@H](N)C(=O)NN. The minimum atomic E-state index is -1.44. The van der Waals surface area contributed by atoms with Gasteiger partial charge in [0.1, 0.15) is 5.67 Å². The highest BCUT2D eigenvalue weighted by atomic mass is 19.1. The zero-order valence-electron chi connectivity index (χ0n) is 6.73. The summed E-state index contributed by atoms with van der Waals surface area (Å²) in [6.45, 7) is 2.72. The molecule has 0 aliphatic rings. The van der Waals surface area contributed by atoms with E-state index in [0.29, 0.717) is 0 Å². The molecule has 0 unspecified atom stereocenters. The number of amides is 1. The monoisotopic (exact) mass is 163 g/mol. The van der Waals surface area contributed by atoms with Gasteiger partial charge in [-0.2, -0.15) is 0 Å². The predicted molar refractivity (Wildman–Crippen MR) is 40.1 cm³/mol. The van der Waals surface area contributed by atoms with Crippen LogP contribution in [0.15, 0.2) is 0 Å². The van der Waals surface area contributed by atoms with Gasteiger partial charge >= 0.3 is 0 Å².